The van der Waals surface area contributed by atoms with E-state index in [0.717, 1.165) is 19.2 Å². The quantitative estimate of drug-likeness (QED) is 0.141. The number of nitrogens with one attached hydrogen (secondary N) is 1. The average molecular weight is 631 g/mol. The molecule has 0 spiro atoms. The Labute approximate surface area is 235 Å². The summed E-state index contributed by atoms with van der Waals surface area (Å²) in [7, 11) is -3.37. The number of oxime groups is 1. The zero-order valence-electron chi connectivity index (χ0n) is 20.7. The summed E-state index contributed by atoms with van der Waals surface area (Å²) < 4.78 is 65.3. The molecule has 0 aliphatic rings. The highest BCUT2D eigenvalue weighted by Gasteiger charge is 2.43. The van der Waals surface area contributed by atoms with Crippen LogP contribution in [0.1, 0.15) is 24.1 Å². The molecule has 1 heterocycles. The van der Waals surface area contributed by atoms with Gasteiger partial charge in [-0.05, 0) is 41.9 Å². The van der Waals surface area contributed by atoms with Gasteiger partial charge in [0.1, 0.15) is 12.3 Å². The maximum atomic E-state index is 13.2. The first-order chi connectivity index (χ1) is 18.5. The Morgan fingerprint density at radius 1 is 1.18 bits per heavy atom. The van der Waals surface area contributed by atoms with Crippen molar-refractivity contribution in [2.45, 2.75) is 24.8 Å². The summed E-state index contributed by atoms with van der Waals surface area (Å²) in [5.74, 6) is -6.03. The number of sulfonamides is 1. The van der Waals surface area contributed by atoms with E-state index in [0.29, 0.717) is 4.31 Å². The molecule has 40 heavy (non-hydrogen) atoms. The van der Waals surface area contributed by atoms with Crippen molar-refractivity contribution in [2.75, 3.05) is 24.5 Å². The van der Waals surface area contributed by atoms with Crippen LogP contribution >= 0.6 is 23.2 Å². The number of halogens is 5. The van der Waals surface area contributed by atoms with Crippen LogP contribution in [-0.4, -0.2) is 57.4 Å². The molecule has 0 bridgehead atoms. The van der Waals surface area contributed by atoms with Crippen molar-refractivity contribution in [1.82, 2.24) is 10.0 Å². The lowest BCUT2D eigenvalue weighted by molar-refractivity contribution is -0.200. The fraction of sp³-hybridized carbons (Fsp3) is 0.333. The normalized spacial score (nSPS) is 12.3. The van der Waals surface area contributed by atoms with Crippen LogP contribution in [0.5, 0.6) is 0 Å². The van der Waals surface area contributed by atoms with Crippen molar-refractivity contribution in [3.8, 4) is 0 Å². The molecule has 1 atom stereocenters. The molecule has 0 radical (unpaired) electrons. The fourth-order valence-corrected chi connectivity index (χ4v) is 4.58. The van der Waals surface area contributed by atoms with E-state index in [1.165, 1.54) is 25.1 Å². The summed E-state index contributed by atoms with van der Waals surface area (Å²) in [5, 5.41) is 5.83. The molecule has 220 valence electrons. The zero-order valence-corrected chi connectivity index (χ0v) is 23.1. The van der Waals surface area contributed by atoms with Crippen LogP contribution in [0.2, 0.25) is 10.0 Å². The van der Waals surface area contributed by atoms with E-state index in [1.54, 1.807) is 0 Å². The van der Waals surface area contributed by atoms with Gasteiger partial charge in [0.15, 0.2) is 0 Å². The van der Waals surface area contributed by atoms with Crippen LogP contribution in [0.3, 0.4) is 0 Å². The molecular formula is C21H23Cl2F3N6O7S. The Hall–Kier alpha value is -3.70. The molecule has 2 rings (SSSR count). The van der Waals surface area contributed by atoms with Gasteiger partial charge in [-0.1, -0.05) is 29.3 Å². The fourth-order valence-electron chi connectivity index (χ4n) is 3.03. The third kappa shape index (κ3) is 8.40. The van der Waals surface area contributed by atoms with Crippen molar-refractivity contribution in [2.24, 2.45) is 16.6 Å². The number of hydrogen-bond donors (Lipinski definition) is 3. The van der Waals surface area contributed by atoms with Gasteiger partial charge < -0.3 is 26.5 Å². The summed E-state index contributed by atoms with van der Waals surface area (Å²) in [5.41, 5.74) is 7.70. The lowest BCUT2D eigenvalue weighted by Crippen LogP contribution is -2.44. The number of benzene rings is 1. The Balaban J connectivity index is 2.43. The van der Waals surface area contributed by atoms with Gasteiger partial charge in [0, 0.05) is 7.05 Å². The predicted octanol–water partition coefficient (Wildman–Crippen LogP) is 1.06. The minimum atomic E-state index is -5.52. The molecule has 1 amide bonds. The predicted molar refractivity (Wildman–Crippen MR) is 139 cm³/mol. The van der Waals surface area contributed by atoms with Crippen LogP contribution < -0.4 is 31.5 Å². The number of pyridine rings is 1. The standard InChI is InChI=1S/C21H23Cl2F3N6O7S/c1-11(17(33)29-7-8-38-30-20(27)28)15-5-6-16(18(34)32(15)39-19(35)21(24,25)26)31(2)40(36,37)10-12-3-4-13(22)14(23)9-12/h3-6,9,11H,7-8,10H2,1-2H3,(H,29,33)(H4,27,28,30). The molecule has 5 N–H and O–H groups in total. The number of guanidine groups is 1. The zero-order chi connectivity index (χ0) is 30.4. The van der Waals surface area contributed by atoms with Crippen LogP contribution in [0.4, 0.5) is 18.9 Å². The van der Waals surface area contributed by atoms with Gasteiger partial charge >= 0.3 is 17.7 Å². The molecule has 19 heteroatoms. The van der Waals surface area contributed by atoms with E-state index in [1.807, 2.05) is 0 Å². The minimum Gasteiger partial charge on any atom is -0.391 e. The van der Waals surface area contributed by atoms with Crippen molar-refractivity contribution in [3.05, 3.63) is 62.0 Å². The van der Waals surface area contributed by atoms with E-state index >= 15 is 0 Å². The molecule has 0 saturated carbocycles. The van der Waals surface area contributed by atoms with Crippen LogP contribution in [0, 0.1) is 0 Å². The number of rotatable bonds is 11. The molecule has 1 aromatic heterocycles. The molecule has 13 nitrogen and oxygen atoms in total. The van der Waals surface area contributed by atoms with Gasteiger partial charge in [-0.2, -0.15) is 13.2 Å². The number of carbonyl (C=O) groups excluding carboxylic acids is 2. The number of aromatic nitrogens is 1. The molecule has 0 saturated heterocycles. The number of hydrogen-bond acceptors (Lipinski definition) is 8. The Morgan fingerprint density at radius 2 is 1.82 bits per heavy atom. The highest BCUT2D eigenvalue weighted by atomic mass is 35.5. The van der Waals surface area contributed by atoms with E-state index in [-0.39, 0.29) is 39.5 Å². The summed E-state index contributed by atoms with van der Waals surface area (Å²) >= 11 is 11.7. The third-order valence-electron chi connectivity index (χ3n) is 5.04. The van der Waals surface area contributed by atoms with Gasteiger partial charge in [0.05, 0.1) is 34.0 Å². The maximum Gasteiger partial charge on any atom is 0.493 e. The lowest BCUT2D eigenvalue weighted by Gasteiger charge is -2.23. The Morgan fingerprint density at radius 3 is 2.40 bits per heavy atom. The number of nitrogens with zero attached hydrogens (tertiary/aromatic N) is 3. The van der Waals surface area contributed by atoms with Crippen LogP contribution in [0.25, 0.3) is 0 Å². The van der Waals surface area contributed by atoms with Gasteiger partial charge in [0.25, 0.3) is 0 Å². The Bertz CT molecular complexity index is 1460. The monoisotopic (exact) mass is 630 g/mol. The molecule has 2 aromatic rings. The summed E-state index contributed by atoms with van der Waals surface area (Å²) in [6, 6.07) is 5.92. The SMILES string of the molecule is CC(C(=O)NCCON=C(N)N)c1ccc(N(C)S(=O)(=O)Cc2ccc(Cl)c(Cl)c2)c(=O)n1OC(=O)C(F)(F)F. The van der Waals surface area contributed by atoms with Crippen molar-refractivity contribution >= 4 is 56.7 Å². The highest BCUT2D eigenvalue weighted by molar-refractivity contribution is 7.92. The number of carbonyl (C=O) groups is 2. The number of nitrogens with two attached hydrogens (primary N) is 2. The first-order valence-electron chi connectivity index (χ1n) is 10.9. The molecule has 1 aromatic carbocycles. The van der Waals surface area contributed by atoms with Gasteiger partial charge in [-0.15, -0.1) is 4.73 Å². The molecule has 0 aliphatic heterocycles. The second-order valence-electron chi connectivity index (χ2n) is 7.95. The Kier molecular flexibility index (Phi) is 10.6. The van der Waals surface area contributed by atoms with Crippen molar-refractivity contribution in [3.63, 3.8) is 0 Å². The average Bonchev–Trinajstić information content (AvgIpc) is 2.85. The van der Waals surface area contributed by atoms with Crippen molar-refractivity contribution < 1.29 is 40.9 Å². The highest BCUT2D eigenvalue weighted by Crippen LogP contribution is 2.25. The number of amides is 1. The number of alkyl halides is 3. The van der Waals surface area contributed by atoms with E-state index in [2.05, 4.69) is 15.3 Å². The summed E-state index contributed by atoms with van der Waals surface area (Å²) in [6.45, 7) is 0.857. The summed E-state index contributed by atoms with van der Waals surface area (Å²) in [4.78, 5) is 46.3. The second kappa shape index (κ2) is 13.1. The second-order valence-corrected chi connectivity index (χ2v) is 10.8. The lowest BCUT2D eigenvalue weighted by atomic mass is 10.1. The molecular weight excluding hydrogens is 608 g/mol. The first-order valence-corrected chi connectivity index (χ1v) is 13.3. The van der Waals surface area contributed by atoms with E-state index < -0.39 is 56.7 Å². The summed E-state index contributed by atoms with van der Waals surface area (Å²) in [6.07, 6.45) is -5.52. The van der Waals surface area contributed by atoms with Crippen LogP contribution in [-0.2, 0) is 30.2 Å². The largest absolute Gasteiger partial charge is 0.493 e. The maximum absolute atomic E-state index is 13.2. The van der Waals surface area contributed by atoms with E-state index in [4.69, 9.17) is 39.5 Å². The number of anilines is 1. The van der Waals surface area contributed by atoms with Gasteiger partial charge in [-0.25, -0.2) is 13.2 Å². The third-order valence-corrected chi connectivity index (χ3v) is 7.51. The van der Waals surface area contributed by atoms with Crippen LogP contribution in [0.15, 0.2) is 40.3 Å². The first kappa shape index (κ1) is 32.5. The smallest absolute Gasteiger partial charge is 0.391 e. The van der Waals surface area contributed by atoms with Crippen molar-refractivity contribution in [1.29, 1.82) is 0 Å². The van der Waals surface area contributed by atoms with Gasteiger partial charge in [0.2, 0.25) is 21.9 Å². The van der Waals surface area contributed by atoms with E-state index in [9.17, 15) is 36.0 Å². The molecule has 0 aliphatic carbocycles. The minimum absolute atomic E-state index is 0.0675. The molecule has 1 unspecified atom stereocenters. The molecule has 0 fully saturated rings. The topological polar surface area (TPSA) is 188 Å². The van der Waals surface area contributed by atoms with Gasteiger partial charge in [-0.3, -0.25) is 13.9 Å².